The van der Waals surface area contributed by atoms with Crippen molar-refractivity contribution in [1.82, 2.24) is 0 Å². The summed E-state index contributed by atoms with van der Waals surface area (Å²) in [7, 11) is 0. The molecular formula is C12H22O. The van der Waals surface area contributed by atoms with Crippen LogP contribution in [-0.4, -0.2) is 5.78 Å². The van der Waals surface area contributed by atoms with E-state index in [0.717, 1.165) is 19.3 Å². The van der Waals surface area contributed by atoms with E-state index < -0.39 is 0 Å². The number of allylic oxidation sites excluding steroid dienone is 1. The molecule has 0 bridgehead atoms. The Kier molecular flexibility index (Phi) is 5.68. The molecule has 0 rings (SSSR count). The zero-order chi connectivity index (χ0) is 10.4. The number of hydrogen-bond acceptors (Lipinski definition) is 1. The maximum absolute atomic E-state index is 11.7. The van der Waals surface area contributed by atoms with Crippen LogP contribution in [0.25, 0.3) is 0 Å². The van der Waals surface area contributed by atoms with E-state index in [2.05, 4.69) is 13.5 Å². The maximum Gasteiger partial charge on any atom is 0.138 e. The predicted molar refractivity (Wildman–Crippen MR) is 57.7 cm³/mol. The Balaban J connectivity index is 4.02. The molecule has 1 unspecified atom stereocenters. The van der Waals surface area contributed by atoms with Crippen LogP contribution in [0.1, 0.15) is 47.0 Å². The van der Waals surface area contributed by atoms with Crippen molar-refractivity contribution in [2.75, 3.05) is 0 Å². The number of ketones is 1. The van der Waals surface area contributed by atoms with Crippen LogP contribution >= 0.6 is 0 Å². The number of Topliss-reactive ketones (excluding diaryl/α,β-unsaturated/α-hetero) is 1. The summed E-state index contributed by atoms with van der Waals surface area (Å²) in [6.07, 6.45) is 2.92. The highest BCUT2D eigenvalue weighted by atomic mass is 16.1. The van der Waals surface area contributed by atoms with Crippen molar-refractivity contribution in [2.45, 2.75) is 47.0 Å². The van der Waals surface area contributed by atoms with E-state index in [9.17, 15) is 4.79 Å². The van der Waals surface area contributed by atoms with Gasteiger partial charge in [0.15, 0.2) is 0 Å². The molecule has 0 saturated carbocycles. The minimum atomic E-state index is 0.176. The first-order valence-corrected chi connectivity index (χ1v) is 5.17. The zero-order valence-corrected chi connectivity index (χ0v) is 9.39. The highest BCUT2D eigenvalue weighted by molar-refractivity contribution is 5.82. The Bertz CT molecular complexity index is 180. The van der Waals surface area contributed by atoms with E-state index in [1.54, 1.807) is 0 Å². The van der Waals surface area contributed by atoms with Gasteiger partial charge in [0.25, 0.3) is 0 Å². The molecule has 0 spiro atoms. The van der Waals surface area contributed by atoms with E-state index in [1.807, 2.05) is 20.8 Å². The Hall–Kier alpha value is -0.590. The van der Waals surface area contributed by atoms with Gasteiger partial charge < -0.3 is 0 Å². The Labute approximate surface area is 82.2 Å². The lowest BCUT2D eigenvalue weighted by Crippen LogP contribution is -2.19. The number of hydrogen-bond donors (Lipinski definition) is 0. The van der Waals surface area contributed by atoms with E-state index >= 15 is 0 Å². The van der Waals surface area contributed by atoms with Crippen molar-refractivity contribution in [1.29, 1.82) is 0 Å². The molecule has 0 aliphatic rings. The lowest BCUT2D eigenvalue weighted by atomic mass is 9.88. The fraction of sp³-hybridized carbons (Fsp3) is 0.750. The second-order valence-corrected chi connectivity index (χ2v) is 4.16. The van der Waals surface area contributed by atoms with Gasteiger partial charge >= 0.3 is 0 Å². The van der Waals surface area contributed by atoms with Gasteiger partial charge in [-0.15, -0.1) is 6.58 Å². The lowest BCUT2D eigenvalue weighted by molar-refractivity contribution is -0.126. The van der Waals surface area contributed by atoms with Crippen LogP contribution in [-0.2, 0) is 4.79 Å². The SMILES string of the molecule is C=C(C)CCC(CC)C(=O)C(C)C. The first-order valence-electron chi connectivity index (χ1n) is 5.17. The minimum Gasteiger partial charge on any atom is -0.299 e. The highest BCUT2D eigenvalue weighted by Gasteiger charge is 2.18. The first-order chi connectivity index (χ1) is 5.99. The Morgan fingerprint density at radius 1 is 1.38 bits per heavy atom. The third-order valence-corrected chi connectivity index (χ3v) is 2.38. The van der Waals surface area contributed by atoms with E-state index in [-0.39, 0.29) is 11.8 Å². The van der Waals surface area contributed by atoms with Crippen molar-refractivity contribution < 1.29 is 4.79 Å². The van der Waals surface area contributed by atoms with E-state index in [0.29, 0.717) is 5.78 Å². The quantitative estimate of drug-likeness (QED) is 0.574. The molecule has 0 aliphatic carbocycles. The summed E-state index contributed by atoms with van der Waals surface area (Å²) in [5.74, 6) is 0.829. The van der Waals surface area contributed by atoms with Gasteiger partial charge in [-0.1, -0.05) is 26.3 Å². The maximum atomic E-state index is 11.7. The molecule has 13 heavy (non-hydrogen) atoms. The Morgan fingerprint density at radius 2 is 1.92 bits per heavy atom. The summed E-state index contributed by atoms with van der Waals surface area (Å²) in [6.45, 7) is 11.9. The van der Waals surface area contributed by atoms with E-state index in [4.69, 9.17) is 0 Å². The van der Waals surface area contributed by atoms with Gasteiger partial charge in [-0.25, -0.2) is 0 Å². The van der Waals surface area contributed by atoms with Gasteiger partial charge in [0, 0.05) is 11.8 Å². The van der Waals surface area contributed by atoms with Crippen LogP contribution in [0, 0.1) is 11.8 Å². The van der Waals surface area contributed by atoms with Crippen LogP contribution in [0.3, 0.4) is 0 Å². The average Bonchev–Trinajstić information content (AvgIpc) is 2.04. The van der Waals surface area contributed by atoms with Crippen LogP contribution in [0.5, 0.6) is 0 Å². The van der Waals surface area contributed by atoms with Crippen LogP contribution in [0.2, 0.25) is 0 Å². The molecule has 0 amide bonds. The molecule has 0 aliphatic heterocycles. The minimum absolute atomic E-state index is 0.176. The lowest BCUT2D eigenvalue weighted by Gasteiger charge is -2.15. The van der Waals surface area contributed by atoms with Crippen molar-refractivity contribution in [3.05, 3.63) is 12.2 Å². The molecule has 0 heterocycles. The average molecular weight is 182 g/mol. The molecule has 76 valence electrons. The topological polar surface area (TPSA) is 17.1 Å². The summed E-state index contributed by atoms with van der Waals surface area (Å²) in [6, 6.07) is 0. The summed E-state index contributed by atoms with van der Waals surface area (Å²) < 4.78 is 0. The smallest absolute Gasteiger partial charge is 0.138 e. The van der Waals surface area contributed by atoms with Gasteiger partial charge in [-0.3, -0.25) is 4.79 Å². The molecule has 1 nitrogen and oxygen atoms in total. The highest BCUT2D eigenvalue weighted by Crippen LogP contribution is 2.18. The largest absolute Gasteiger partial charge is 0.299 e. The second kappa shape index (κ2) is 5.95. The summed E-state index contributed by atoms with van der Waals surface area (Å²) in [5, 5.41) is 0. The molecule has 1 atom stereocenters. The van der Waals surface area contributed by atoms with Crippen molar-refractivity contribution >= 4 is 5.78 Å². The molecule has 0 fully saturated rings. The first kappa shape index (κ1) is 12.4. The fourth-order valence-corrected chi connectivity index (χ4v) is 1.44. The van der Waals surface area contributed by atoms with Crippen molar-refractivity contribution in [2.24, 2.45) is 11.8 Å². The van der Waals surface area contributed by atoms with Crippen molar-refractivity contribution in [3.63, 3.8) is 0 Å². The fourth-order valence-electron chi connectivity index (χ4n) is 1.44. The second-order valence-electron chi connectivity index (χ2n) is 4.16. The Morgan fingerprint density at radius 3 is 2.23 bits per heavy atom. The third kappa shape index (κ3) is 4.87. The number of carbonyl (C=O) groups excluding carboxylic acids is 1. The van der Waals surface area contributed by atoms with Crippen LogP contribution < -0.4 is 0 Å². The molecule has 0 radical (unpaired) electrons. The molecule has 0 saturated heterocycles. The van der Waals surface area contributed by atoms with Gasteiger partial charge in [-0.2, -0.15) is 0 Å². The summed E-state index contributed by atoms with van der Waals surface area (Å²) in [5.41, 5.74) is 1.18. The number of rotatable bonds is 6. The zero-order valence-electron chi connectivity index (χ0n) is 9.39. The summed E-state index contributed by atoms with van der Waals surface area (Å²) in [4.78, 5) is 11.7. The summed E-state index contributed by atoms with van der Waals surface area (Å²) >= 11 is 0. The molecule has 0 N–H and O–H groups in total. The predicted octanol–water partition coefficient (Wildman–Crippen LogP) is 3.59. The molecule has 0 aromatic carbocycles. The molecular weight excluding hydrogens is 160 g/mol. The van der Waals surface area contributed by atoms with Gasteiger partial charge in [0.05, 0.1) is 0 Å². The molecule has 1 heteroatoms. The number of carbonyl (C=O) groups is 1. The molecule has 0 aromatic heterocycles. The van der Waals surface area contributed by atoms with E-state index in [1.165, 1.54) is 5.57 Å². The van der Waals surface area contributed by atoms with Crippen molar-refractivity contribution in [3.8, 4) is 0 Å². The molecule has 0 aromatic rings. The van der Waals surface area contributed by atoms with Crippen LogP contribution in [0.15, 0.2) is 12.2 Å². The van der Waals surface area contributed by atoms with Gasteiger partial charge in [0.2, 0.25) is 0 Å². The van der Waals surface area contributed by atoms with Gasteiger partial charge in [-0.05, 0) is 26.2 Å². The third-order valence-electron chi connectivity index (χ3n) is 2.38. The monoisotopic (exact) mass is 182 g/mol. The standard InChI is InChI=1S/C12H22O/c1-6-11(8-7-9(2)3)12(13)10(4)5/h10-11H,2,6-8H2,1,3-5H3. The normalized spacial score (nSPS) is 13.0. The van der Waals surface area contributed by atoms with Crippen LogP contribution in [0.4, 0.5) is 0 Å². The van der Waals surface area contributed by atoms with Gasteiger partial charge in [0.1, 0.15) is 5.78 Å².